The van der Waals surface area contributed by atoms with Crippen LogP contribution in [0.1, 0.15) is 6.92 Å². The Balaban J connectivity index is 2.54. The molecule has 0 saturated heterocycles. The molecule has 5 nitrogen and oxygen atoms in total. The van der Waals surface area contributed by atoms with E-state index >= 15 is 0 Å². The minimum atomic E-state index is -0.929. The smallest absolute Gasteiger partial charge is 0.321 e. The number of carboxylic acid groups (broad SMARTS) is 1. The zero-order valence-corrected chi connectivity index (χ0v) is 10.9. The Morgan fingerprint density at radius 1 is 1.39 bits per heavy atom. The number of hydrogen-bond acceptors (Lipinski definition) is 2. The maximum atomic E-state index is 11.7. The largest absolute Gasteiger partial charge is 0.481 e. The Morgan fingerprint density at radius 2 is 1.94 bits per heavy atom. The summed E-state index contributed by atoms with van der Waals surface area (Å²) in [7, 11) is 1.55. The molecule has 0 aliphatic heterocycles. The monoisotopic (exact) mass is 270 g/mol. The highest BCUT2D eigenvalue weighted by Crippen LogP contribution is 2.13. The first-order chi connectivity index (χ1) is 8.40. The molecule has 2 amide bonds. The number of aliphatic carboxylic acids is 1. The van der Waals surface area contributed by atoms with Crippen molar-refractivity contribution in [2.45, 2.75) is 6.92 Å². The van der Waals surface area contributed by atoms with Crippen molar-refractivity contribution in [1.29, 1.82) is 0 Å². The van der Waals surface area contributed by atoms with Gasteiger partial charge in [-0.05, 0) is 24.3 Å². The number of urea groups is 1. The number of hydrogen-bond donors (Lipinski definition) is 2. The number of benzene rings is 1. The molecule has 0 aliphatic carbocycles. The Kier molecular flexibility index (Phi) is 4.97. The van der Waals surface area contributed by atoms with E-state index in [1.54, 1.807) is 38.2 Å². The van der Waals surface area contributed by atoms with Crippen LogP contribution in [0.3, 0.4) is 0 Å². The van der Waals surface area contributed by atoms with Crippen LogP contribution in [0.25, 0.3) is 0 Å². The number of halogens is 1. The van der Waals surface area contributed by atoms with Gasteiger partial charge in [-0.15, -0.1) is 0 Å². The molecule has 0 aliphatic rings. The average molecular weight is 271 g/mol. The lowest BCUT2D eigenvalue weighted by Crippen LogP contribution is -2.36. The number of rotatable bonds is 4. The van der Waals surface area contributed by atoms with Crippen LogP contribution in [-0.2, 0) is 4.79 Å². The van der Waals surface area contributed by atoms with Crippen LogP contribution in [0.4, 0.5) is 10.5 Å². The number of nitrogens with zero attached hydrogens (tertiary/aromatic N) is 1. The minimum Gasteiger partial charge on any atom is -0.481 e. The van der Waals surface area contributed by atoms with Gasteiger partial charge < -0.3 is 15.3 Å². The van der Waals surface area contributed by atoms with E-state index in [-0.39, 0.29) is 12.6 Å². The van der Waals surface area contributed by atoms with Crippen LogP contribution in [0.15, 0.2) is 24.3 Å². The highest BCUT2D eigenvalue weighted by molar-refractivity contribution is 6.30. The van der Waals surface area contributed by atoms with E-state index in [4.69, 9.17) is 16.7 Å². The standard InChI is InChI=1S/C12H15ClN2O3/c1-8(11(16)17)7-15(2)12(18)14-10-5-3-9(13)4-6-10/h3-6,8H,7H2,1-2H3,(H,14,18)(H,16,17). The zero-order valence-electron chi connectivity index (χ0n) is 10.2. The fourth-order valence-electron chi connectivity index (χ4n) is 1.32. The SMILES string of the molecule is CC(CN(C)C(=O)Nc1ccc(Cl)cc1)C(=O)O. The quantitative estimate of drug-likeness (QED) is 0.883. The van der Waals surface area contributed by atoms with Crippen LogP contribution in [-0.4, -0.2) is 35.6 Å². The minimum absolute atomic E-state index is 0.148. The first-order valence-electron chi connectivity index (χ1n) is 5.40. The van der Waals surface area contributed by atoms with Crippen LogP contribution in [0.2, 0.25) is 5.02 Å². The number of nitrogens with one attached hydrogen (secondary N) is 1. The Hall–Kier alpha value is -1.75. The third-order valence-electron chi connectivity index (χ3n) is 2.41. The molecule has 98 valence electrons. The van der Waals surface area contributed by atoms with Gasteiger partial charge in [0.2, 0.25) is 0 Å². The highest BCUT2D eigenvalue weighted by atomic mass is 35.5. The van der Waals surface area contributed by atoms with E-state index in [2.05, 4.69) is 5.32 Å². The van der Waals surface area contributed by atoms with Gasteiger partial charge in [0.1, 0.15) is 0 Å². The summed E-state index contributed by atoms with van der Waals surface area (Å²) in [6, 6.07) is 6.32. The number of carbonyl (C=O) groups excluding carboxylic acids is 1. The van der Waals surface area contributed by atoms with Crippen molar-refractivity contribution in [3.8, 4) is 0 Å². The number of anilines is 1. The average Bonchev–Trinajstić information content (AvgIpc) is 2.31. The predicted molar refractivity (Wildman–Crippen MR) is 69.9 cm³/mol. The molecular formula is C12H15ClN2O3. The number of amides is 2. The lowest BCUT2D eigenvalue weighted by atomic mass is 10.2. The van der Waals surface area contributed by atoms with Crippen LogP contribution >= 0.6 is 11.6 Å². The first-order valence-corrected chi connectivity index (χ1v) is 5.78. The molecule has 1 atom stereocenters. The van der Waals surface area contributed by atoms with Crippen molar-refractivity contribution in [2.75, 3.05) is 18.9 Å². The number of carboxylic acids is 1. The third-order valence-corrected chi connectivity index (χ3v) is 2.66. The molecule has 18 heavy (non-hydrogen) atoms. The summed E-state index contributed by atoms with van der Waals surface area (Å²) < 4.78 is 0. The van der Waals surface area contributed by atoms with Gasteiger partial charge in [-0.1, -0.05) is 18.5 Å². The van der Waals surface area contributed by atoms with Gasteiger partial charge in [-0.2, -0.15) is 0 Å². The van der Waals surface area contributed by atoms with Gasteiger partial charge in [0.25, 0.3) is 0 Å². The van der Waals surface area contributed by atoms with Gasteiger partial charge in [0.05, 0.1) is 5.92 Å². The van der Waals surface area contributed by atoms with E-state index in [0.717, 1.165) is 0 Å². The van der Waals surface area contributed by atoms with Gasteiger partial charge >= 0.3 is 12.0 Å². The molecule has 1 aromatic carbocycles. The lowest BCUT2D eigenvalue weighted by Gasteiger charge is -2.20. The van der Waals surface area contributed by atoms with E-state index in [1.165, 1.54) is 4.90 Å². The number of carbonyl (C=O) groups is 2. The van der Waals surface area contributed by atoms with Crippen molar-refractivity contribution < 1.29 is 14.7 Å². The molecule has 1 aromatic rings. The van der Waals surface area contributed by atoms with E-state index < -0.39 is 11.9 Å². The summed E-state index contributed by atoms with van der Waals surface area (Å²) in [5, 5.41) is 12.0. The third kappa shape index (κ3) is 4.25. The van der Waals surface area contributed by atoms with Crippen LogP contribution in [0, 0.1) is 5.92 Å². The Labute approximate surface area is 110 Å². The Morgan fingerprint density at radius 3 is 2.44 bits per heavy atom. The normalized spacial score (nSPS) is 11.7. The van der Waals surface area contributed by atoms with Gasteiger partial charge in [-0.25, -0.2) is 4.79 Å². The predicted octanol–water partition coefficient (Wildman–Crippen LogP) is 2.52. The van der Waals surface area contributed by atoms with Crippen molar-refractivity contribution in [2.24, 2.45) is 5.92 Å². The molecule has 1 rings (SSSR count). The fraction of sp³-hybridized carbons (Fsp3) is 0.333. The maximum absolute atomic E-state index is 11.7. The van der Waals surface area contributed by atoms with Crippen LogP contribution in [0.5, 0.6) is 0 Å². The lowest BCUT2D eigenvalue weighted by molar-refractivity contribution is -0.141. The molecule has 0 fully saturated rings. The molecule has 0 spiro atoms. The van der Waals surface area contributed by atoms with E-state index in [0.29, 0.717) is 10.7 Å². The summed E-state index contributed by atoms with van der Waals surface area (Å²) in [5.74, 6) is -1.54. The second-order valence-electron chi connectivity index (χ2n) is 4.06. The zero-order chi connectivity index (χ0) is 13.7. The molecule has 0 heterocycles. The van der Waals surface area contributed by atoms with Crippen molar-refractivity contribution in [3.05, 3.63) is 29.3 Å². The maximum Gasteiger partial charge on any atom is 0.321 e. The molecule has 0 radical (unpaired) electrons. The molecule has 0 saturated carbocycles. The first kappa shape index (κ1) is 14.3. The van der Waals surface area contributed by atoms with E-state index in [1.807, 2.05) is 0 Å². The van der Waals surface area contributed by atoms with Gasteiger partial charge in [-0.3, -0.25) is 4.79 Å². The topological polar surface area (TPSA) is 69.6 Å². The van der Waals surface area contributed by atoms with Gasteiger partial charge in [0, 0.05) is 24.3 Å². The highest BCUT2D eigenvalue weighted by Gasteiger charge is 2.17. The summed E-state index contributed by atoms with van der Waals surface area (Å²) in [6.07, 6.45) is 0. The van der Waals surface area contributed by atoms with Crippen molar-refractivity contribution >= 4 is 29.3 Å². The molecule has 1 unspecified atom stereocenters. The van der Waals surface area contributed by atoms with Crippen molar-refractivity contribution in [3.63, 3.8) is 0 Å². The summed E-state index contributed by atoms with van der Waals surface area (Å²) in [4.78, 5) is 23.8. The summed E-state index contributed by atoms with van der Waals surface area (Å²) in [6.45, 7) is 1.70. The fourth-order valence-corrected chi connectivity index (χ4v) is 1.45. The van der Waals surface area contributed by atoms with Crippen molar-refractivity contribution in [1.82, 2.24) is 4.90 Å². The van der Waals surface area contributed by atoms with Gasteiger partial charge in [0.15, 0.2) is 0 Å². The molecule has 0 bridgehead atoms. The summed E-state index contributed by atoms with van der Waals surface area (Å²) >= 11 is 5.73. The second kappa shape index (κ2) is 6.26. The van der Waals surface area contributed by atoms with E-state index in [9.17, 15) is 9.59 Å². The summed E-state index contributed by atoms with van der Waals surface area (Å²) in [5.41, 5.74) is 0.610. The Bertz CT molecular complexity index is 433. The second-order valence-corrected chi connectivity index (χ2v) is 4.49. The van der Waals surface area contributed by atoms with Crippen LogP contribution < -0.4 is 5.32 Å². The molecule has 2 N–H and O–H groups in total. The molecule has 0 aromatic heterocycles. The molecular weight excluding hydrogens is 256 g/mol. The molecule has 6 heteroatoms.